The summed E-state index contributed by atoms with van der Waals surface area (Å²) in [5, 5.41) is 15.4. The summed E-state index contributed by atoms with van der Waals surface area (Å²) in [5.41, 5.74) is 0. The van der Waals surface area contributed by atoms with E-state index in [-0.39, 0.29) is 11.2 Å². The van der Waals surface area contributed by atoms with Gasteiger partial charge < -0.3 is 10.2 Å². The molecule has 1 rings (SSSR count). The largest absolute Gasteiger partial charge is 0.348 e. The van der Waals surface area contributed by atoms with Crippen molar-refractivity contribution in [2.75, 3.05) is 27.2 Å². The molecule has 8 heteroatoms. The molecule has 0 aliphatic heterocycles. The van der Waals surface area contributed by atoms with E-state index in [0.717, 1.165) is 13.1 Å². The van der Waals surface area contributed by atoms with Crippen molar-refractivity contribution < 1.29 is 4.79 Å². The van der Waals surface area contributed by atoms with Gasteiger partial charge in [0.2, 0.25) is 11.1 Å². The molecule has 1 aromatic heterocycles. The lowest BCUT2D eigenvalue weighted by Gasteiger charge is -2.15. The highest BCUT2D eigenvalue weighted by Crippen LogP contribution is 2.20. The SMILES string of the molecule is CC(C)CNCCn1nnnc1SC(C)C(=O)N(C)C. The molecule has 0 spiro atoms. The smallest absolute Gasteiger partial charge is 0.235 e. The predicted molar refractivity (Wildman–Crippen MR) is 79.5 cm³/mol. The molecular formula is C12H24N6OS. The molecule has 0 radical (unpaired) electrons. The third-order valence-corrected chi connectivity index (χ3v) is 3.68. The Kier molecular flexibility index (Phi) is 6.94. The van der Waals surface area contributed by atoms with Gasteiger partial charge in [0.1, 0.15) is 0 Å². The zero-order valence-corrected chi connectivity index (χ0v) is 13.6. The van der Waals surface area contributed by atoms with Crippen LogP contribution in [0.25, 0.3) is 0 Å². The Morgan fingerprint density at radius 2 is 2.10 bits per heavy atom. The molecule has 0 saturated carbocycles. The van der Waals surface area contributed by atoms with Crippen molar-refractivity contribution in [3.05, 3.63) is 0 Å². The zero-order chi connectivity index (χ0) is 15.1. The number of hydrogen-bond acceptors (Lipinski definition) is 6. The Hall–Kier alpha value is -1.15. The summed E-state index contributed by atoms with van der Waals surface area (Å²) < 4.78 is 1.73. The number of nitrogens with zero attached hydrogens (tertiary/aromatic N) is 5. The molecule has 1 heterocycles. The number of amides is 1. The predicted octanol–water partition coefficient (Wildman–Crippen LogP) is 0.488. The molecule has 0 bridgehead atoms. The van der Waals surface area contributed by atoms with Gasteiger partial charge in [-0.1, -0.05) is 25.6 Å². The molecule has 1 unspecified atom stereocenters. The van der Waals surface area contributed by atoms with Crippen molar-refractivity contribution in [1.29, 1.82) is 0 Å². The minimum atomic E-state index is -0.196. The van der Waals surface area contributed by atoms with E-state index in [1.54, 1.807) is 23.7 Å². The summed E-state index contributed by atoms with van der Waals surface area (Å²) in [4.78, 5) is 13.4. The van der Waals surface area contributed by atoms with E-state index in [9.17, 15) is 4.79 Å². The van der Waals surface area contributed by atoms with Crippen molar-refractivity contribution in [3.8, 4) is 0 Å². The van der Waals surface area contributed by atoms with Gasteiger partial charge in [0.25, 0.3) is 0 Å². The van der Waals surface area contributed by atoms with Crippen LogP contribution in [0.4, 0.5) is 0 Å². The molecule has 0 aromatic carbocycles. The third kappa shape index (κ3) is 5.46. The maximum atomic E-state index is 11.8. The first-order valence-electron chi connectivity index (χ1n) is 6.76. The number of rotatable bonds is 8. The second-order valence-corrected chi connectivity index (χ2v) is 6.58. The number of hydrogen-bond donors (Lipinski definition) is 1. The normalized spacial score (nSPS) is 12.7. The molecule has 0 fully saturated rings. The molecule has 0 aliphatic rings. The lowest BCUT2D eigenvalue weighted by molar-refractivity contribution is -0.127. The lowest BCUT2D eigenvalue weighted by Crippen LogP contribution is -2.30. The molecule has 20 heavy (non-hydrogen) atoms. The van der Waals surface area contributed by atoms with E-state index < -0.39 is 0 Å². The van der Waals surface area contributed by atoms with Crippen molar-refractivity contribution in [2.45, 2.75) is 37.7 Å². The summed E-state index contributed by atoms with van der Waals surface area (Å²) in [6.45, 7) is 8.68. The van der Waals surface area contributed by atoms with Crippen LogP contribution in [-0.4, -0.2) is 63.4 Å². The van der Waals surface area contributed by atoms with E-state index in [1.165, 1.54) is 11.8 Å². The Morgan fingerprint density at radius 1 is 1.40 bits per heavy atom. The number of thioether (sulfide) groups is 1. The maximum Gasteiger partial charge on any atom is 0.235 e. The monoisotopic (exact) mass is 300 g/mol. The van der Waals surface area contributed by atoms with Gasteiger partial charge in [-0.2, -0.15) is 0 Å². The third-order valence-electron chi connectivity index (χ3n) is 2.62. The van der Waals surface area contributed by atoms with Crippen LogP contribution in [-0.2, 0) is 11.3 Å². The lowest BCUT2D eigenvalue weighted by atomic mass is 10.2. The van der Waals surface area contributed by atoms with Crippen molar-refractivity contribution in [3.63, 3.8) is 0 Å². The highest BCUT2D eigenvalue weighted by molar-refractivity contribution is 8.00. The van der Waals surface area contributed by atoms with E-state index in [0.29, 0.717) is 17.6 Å². The van der Waals surface area contributed by atoms with Gasteiger partial charge in [0.05, 0.1) is 11.8 Å². The van der Waals surface area contributed by atoms with Gasteiger partial charge in [0, 0.05) is 20.6 Å². The molecular weight excluding hydrogens is 276 g/mol. The second-order valence-electron chi connectivity index (χ2n) is 5.28. The summed E-state index contributed by atoms with van der Waals surface area (Å²) in [7, 11) is 3.50. The topological polar surface area (TPSA) is 75.9 Å². The highest BCUT2D eigenvalue weighted by atomic mass is 32.2. The molecule has 1 amide bonds. The summed E-state index contributed by atoms with van der Waals surface area (Å²) in [6, 6.07) is 0. The molecule has 1 atom stereocenters. The van der Waals surface area contributed by atoms with E-state index in [1.807, 2.05) is 6.92 Å². The fourth-order valence-electron chi connectivity index (χ4n) is 1.57. The van der Waals surface area contributed by atoms with Gasteiger partial charge >= 0.3 is 0 Å². The van der Waals surface area contributed by atoms with Crippen LogP contribution in [0.2, 0.25) is 0 Å². The number of carbonyl (C=O) groups excluding carboxylic acids is 1. The standard InChI is InChI=1S/C12H24N6OS/c1-9(2)8-13-6-7-18-12(14-15-16-18)20-10(3)11(19)17(4)5/h9-10,13H,6-8H2,1-5H3. The Balaban J connectivity index is 2.48. The van der Waals surface area contributed by atoms with Gasteiger partial charge in [-0.15, -0.1) is 5.10 Å². The Labute approximate surface area is 124 Å². The fourth-order valence-corrected chi connectivity index (χ4v) is 2.53. The summed E-state index contributed by atoms with van der Waals surface area (Å²) in [5.74, 6) is 0.679. The van der Waals surface area contributed by atoms with Gasteiger partial charge in [-0.25, -0.2) is 4.68 Å². The van der Waals surface area contributed by atoms with E-state index in [2.05, 4.69) is 34.7 Å². The number of carbonyl (C=O) groups is 1. The quantitative estimate of drug-likeness (QED) is 0.556. The molecule has 0 aliphatic carbocycles. The van der Waals surface area contributed by atoms with Crippen molar-refractivity contribution >= 4 is 17.7 Å². The van der Waals surface area contributed by atoms with Crippen LogP contribution < -0.4 is 5.32 Å². The van der Waals surface area contributed by atoms with Crippen LogP contribution in [0.3, 0.4) is 0 Å². The van der Waals surface area contributed by atoms with E-state index in [4.69, 9.17) is 0 Å². The van der Waals surface area contributed by atoms with Gasteiger partial charge in [-0.3, -0.25) is 4.79 Å². The molecule has 0 saturated heterocycles. The van der Waals surface area contributed by atoms with Crippen LogP contribution in [0.1, 0.15) is 20.8 Å². The summed E-state index contributed by atoms with van der Waals surface area (Å²) >= 11 is 1.39. The van der Waals surface area contributed by atoms with Gasteiger partial charge in [-0.05, 0) is 29.8 Å². The van der Waals surface area contributed by atoms with E-state index >= 15 is 0 Å². The first-order valence-corrected chi connectivity index (χ1v) is 7.64. The number of nitrogens with one attached hydrogen (secondary N) is 1. The van der Waals surface area contributed by atoms with Crippen LogP contribution in [0.5, 0.6) is 0 Å². The zero-order valence-electron chi connectivity index (χ0n) is 12.8. The molecule has 7 nitrogen and oxygen atoms in total. The molecule has 114 valence electrons. The van der Waals surface area contributed by atoms with Crippen molar-refractivity contribution in [1.82, 2.24) is 30.4 Å². The Bertz CT molecular complexity index is 420. The van der Waals surface area contributed by atoms with Crippen LogP contribution in [0.15, 0.2) is 5.16 Å². The summed E-state index contributed by atoms with van der Waals surface area (Å²) in [6.07, 6.45) is 0. The highest BCUT2D eigenvalue weighted by Gasteiger charge is 2.19. The number of aromatic nitrogens is 4. The van der Waals surface area contributed by atoms with Crippen LogP contribution in [0, 0.1) is 5.92 Å². The van der Waals surface area contributed by atoms with Gasteiger partial charge in [0.15, 0.2) is 0 Å². The van der Waals surface area contributed by atoms with Crippen LogP contribution >= 0.6 is 11.8 Å². The number of tetrazole rings is 1. The maximum absolute atomic E-state index is 11.8. The second kappa shape index (κ2) is 8.21. The first kappa shape index (κ1) is 16.9. The molecule has 1 aromatic rings. The Morgan fingerprint density at radius 3 is 2.70 bits per heavy atom. The first-order chi connectivity index (χ1) is 9.41. The average molecular weight is 300 g/mol. The molecule has 1 N–H and O–H groups in total. The minimum Gasteiger partial charge on any atom is -0.348 e. The minimum absolute atomic E-state index is 0.0579. The average Bonchev–Trinajstić information content (AvgIpc) is 2.80. The van der Waals surface area contributed by atoms with Crippen molar-refractivity contribution in [2.24, 2.45) is 5.92 Å². The fraction of sp³-hybridized carbons (Fsp3) is 0.833.